The average molecular weight is 551 g/mol. The van der Waals surface area contributed by atoms with Crippen LogP contribution >= 0.6 is 15.9 Å². The highest BCUT2D eigenvalue weighted by molar-refractivity contribution is 9.10. The van der Waals surface area contributed by atoms with Gasteiger partial charge in [0.05, 0.1) is 11.3 Å². The van der Waals surface area contributed by atoms with E-state index in [-0.39, 0.29) is 46.3 Å². The molecule has 0 aliphatic carbocycles. The van der Waals surface area contributed by atoms with Crippen LogP contribution in [0.1, 0.15) is 12.0 Å². The number of aliphatic hydroxyl groups excluding tert-OH is 1. The van der Waals surface area contributed by atoms with E-state index in [1.165, 1.54) is 30.3 Å². The number of nitrogens with zero attached hydrogens (tertiary/aromatic N) is 2. The number of aromatic nitrogens is 2. The third-order valence-electron chi connectivity index (χ3n) is 4.25. The molecule has 0 aliphatic rings. The third kappa shape index (κ3) is 7.22. The molecule has 0 aliphatic heterocycles. The van der Waals surface area contributed by atoms with E-state index in [1.54, 1.807) is 0 Å². The second kappa shape index (κ2) is 10.5. The number of rotatable bonds is 8. The van der Waals surface area contributed by atoms with Gasteiger partial charge in [-0.05, 0) is 36.8 Å². The number of hydrogen-bond donors (Lipinski definition) is 3. The van der Waals surface area contributed by atoms with E-state index in [0.717, 1.165) is 18.2 Å². The summed E-state index contributed by atoms with van der Waals surface area (Å²) in [5, 5.41) is 14.6. The van der Waals surface area contributed by atoms with Crippen LogP contribution in [0.5, 0.6) is 5.75 Å². The van der Waals surface area contributed by atoms with Gasteiger partial charge in [0.15, 0.2) is 0 Å². The lowest BCUT2D eigenvalue weighted by molar-refractivity contribution is -0.274. The molecular formula is C21H17BrF6N4O2. The maximum Gasteiger partial charge on any atom is 0.573 e. The van der Waals surface area contributed by atoms with Crippen molar-refractivity contribution in [1.82, 2.24) is 9.97 Å². The van der Waals surface area contributed by atoms with Crippen LogP contribution in [-0.4, -0.2) is 34.6 Å². The molecule has 0 fully saturated rings. The van der Waals surface area contributed by atoms with Gasteiger partial charge >= 0.3 is 12.5 Å². The first-order chi connectivity index (χ1) is 15.9. The van der Waals surface area contributed by atoms with Crippen LogP contribution in [0, 0.1) is 0 Å². The first kappa shape index (κ1) is 25.6. The quantitative estimate of drug-likeness (QED) is 0.224. The predicted molar refractivity (Wildman–Crippen MR) is 117 cm³/mol. The fourth-order valence-corrected chi connectivity index (χ4v) is 3.31. The normalized spacial score (nSPS) is 11.9. The lowest BCUT2D eigenvalue weighted by Gasteiger charge is -2.14. The van der Waals surface area contributed by atoms with Crippen LogP contribution in [0.3, 0.4) is 0 Å². The second-order valence-corrected chi connectivity index (χ2v) is 7.71. The van der Waals surface area contributed by atoms with Crippen LogP contribution in [0.15, 0.2) is 53.0 Å². The molecule has 182 valence electrons. The SMILES string of the molecule is OCCCNc1nc(Nc2ccc(Br)c(C(F)(F)F)c2)cc(-c2cccc(OC(F)(F)F)c2)n1. The van der Waals surface area contributed by atoms with Gasteiger partial charge in [-0.25, -0.2) is 4.98 Å². The molecule has 0 saturated heterocycles. The molecule has 0 atom stereocenters. The molecule has 1 heterocycles. The maximum absolute atomic E-state index is 13.2. The van der Waals surface area contributed by atoms with E-state index >= 15 is 0 Å². The zero-order chi connectivity index (χ0) is 24.9. The molecule has 0 spiro atoms. The number of hydrogen-bond acceptors (Lipinski definition) is 6. The van der Waals surface area contributed by atoms with Crippen molar-refractivity contribution in [2.45, 2.75) is 19.0 Å². The van der Waals surface area contributed by atoms with Gasteiger partial charge in [0.25, 0.3) is 0 Å². The topological polar surface area (TPSA) is 79.3 Å². The number of anilines is 3. The average Bonchev–Trinajstić information content (AvgIpc) is 2.73. The van der Waals surface area contributed by atoms with Crippen molar-refractivity contribution in [1.29, 1.82) is 0 Å². The number of alkyl halides is 6. The Morgan fingerprint density at radius 2 is 1.74 bits per heavy atom. The number of aliphatic hydroxyl groups is 1. The summed E-state index contributed by atoms with van der Waals surface area (Å²) in [7, 11) is 0. The second-order valence-electron chi connectivity index (χ2n) is 6.86. The van der Waals surface area contributed by atoms with Gasteiger partial charge < -0.3 is 20.5 Å². The van der Waals surface area contributed by atoms with Crippen LogP contribution in [0.2, 0.25) is 0 Å². The van der Waals surface area contributed by atoms with E-state index in [9.17, 15) is 26.3 Å². The molecule has 3 rings (SSSR count). The monoisotopic (exact) mass is 550 g/mol. The number of halogens is 7. The highest BCUT2D eigenvalue weighted by Crippen LogP contribution is 2.37. The third-order valence-corrected chi connectivity index (χ3v) is 4.94. The lowest BCUT2D eigenvalue weighted by Crippen LogP contribution is -2.17. The van der Waals surface area contributed by atoms with Gasteiger partial charge in [-0.2, -0.15) is 18.2 Å². The molecule has 34 heavy (non-hydrogen) atoms. The molecule has 0 bridgehead atoms. The summed E-state index contributed by atoms with van der Waals surface area (Å²) in [5.41, 5.74) is -0.380. The van der Waals surface area contributed by atoms with Crippen molar-refractivity contribution in [2.24, 2.45) is 0 Å². The molecule has 0 unspecified atom stereocenters. The largest absolute Gasteiger partial charge is 0.573 e. The van der Waals surface area contributed by atoms with E-state index in [1.807, 2.05) is 0 Å². The Labute approximate surface area is 198 Å². The number of benzene rings is 2. The summed E-state index contributed by atoms with van der Waals surface area (Å²) in [4.78, 5) is 8.46. The van der Waals surface area contributed by atoms with Gasteiger partial charge in [-0.3, -0.25) is 0 Å². The Kier molecular flexibility index (Phi) is 7.87. The molecule has 0 amide bonds. The Balaban J connectivity index is 1.98. The zero-order valence-electron chi connectivity index (χ0n) is 17.1. The summed E-state index contributed by atoms with van der Waals surface area (Å²) >= 11 is 2.87. The Morgan fingerprint density at radius 3 is 2.41 bits per heavy atom. The lowest BCUT2D eigenvalue weighted by atomic mass is 10.1. The Hall–Kier alpha value is -3.06. The van der Waals surface area contributed by atoms with Crippen LogP contribution in [0.4, 0.5) is 43.8 Å². The molecule has 13 heteroatoms. The summed E-state index contributed by atoms with van der Waals surface area (Å²) in [6.07, 6.45) is -9.11. The van der Waals surface area contributed by atoms with Crippen LogP contribution < -0.4 is 15.4 Å². The summed E-state index contributed by atoms with van der Waals surface area (Å²) in [5.74, 6) is -0.312. The molecule has 2 aromatic carbocycles. The summed E-state index contributed by atoms with van der Waals surface area (Å²) in [6, 6.07) is 9.98. The van der Waals surface area contributed by atoms with Crippen molar-refractivity contribution in [2.75, 3.05) is 23.8 Å². The van der Waals surface area contributed by atoms with E-state index in [0.29, 0.717) is 6.42 Å². The maximum atomic E-state index is 13.2. The molecule has 0 saturated carbocycles. The number of ether oxygens (including phenoxy) is 1. The molecule has 1 aromatic heterocycles. The van der Waals surface area contributed by atoms with Crippen molar-refractivity contribution >= 4 is 33.4 Å². The first-order valence-corrected chi connectivity index (χ1v) is 10.5. The van der Waals surface area contributed by atoms with Crippen molar-refractivity contribution in [3.63, 3.8) is 0 Å². The van der Waals surface area contributed by atoms with Crippen molar-refractivity contribution < 1.29 is 36.2 Å². The standard InChI is InChI=1S/C21H17BrF6N4O2/c22-16-6-5-13(10-15(16)20(23,24)25)30-18-11-17(31-19(32-18)29-7-2-8-33)12-3-1-4-14(9-12)34-21(26,27)28/h1,3-6,9-11,33H,2,7-8H2,(H2,29,30,31,32). The van der Waals surface area contributed by atoms with Gasteiger partial charge in [0.2, 0.25) is 5.95 Å². The van der Waals surface area contributed by atoms with Gasteiger partial charge in [0, 0.05) is 34.9 Å². The smallest absolute Gasteiger partial charge is 0.406 e. The van der Waals surface area contributed by atoms with Crippen LogP contribution in [-0.2, 0) is 6.18 Å². The summed E-state index contributed by atoms with van der Waals surface area (Å²) in [6.45, 7) is 0.181. The van der Waals surface area contributed by atoms with E-state index < -0.39 is 23.9 Å². The van der Waals surface area contributed by atoms with Gasteiger partial charge in [-0.15, -0.1) is 13.2 Å². The van der Waals surface area contributed by atoms with Crippen molar-refractivity contribution in [3.8, 4) is 17.0 Å². The van der Waals surface area contributed by atoms with E-state index in [2.05, 4.69) is 41.3 Å². The van der Waals surface area contributed by atoms with E-state index in [4.69, 9.17) is 5.11 Å². The number of nitrogens with one attached hydrogen (secondary N) is 2. The highest BCUT2D eigenvalue weighted by Gasteiger charge is 2.33. The molecule has 3 N–H and O–H groups in total. The Bertz CT molecular complexity index is 1140. The molecule has 0 radical (unpaired) electrons. The predicted octanol–water partition coefficient (Wildman–Crippen LogP) is 6.36. The molecular weight excluding hydrogens is 534 g/mol. The van der Waals surface area contributed by atoms with Crippen molar-refractivity contribution in [3.05, 3.63) is 58.6 Å². The summed E-state index contributed by atoms with van der Waals surface area (Å²) < 4.78 is 81.3. The highest BCUT2D eigenvalue weighted by atomic mass is 79.9. The minimum atomic E-state index is -4.88. The van der Waals surface area contributed by atoms with Crippen LogP contribution in [0.25, 0.3) is 11.3 Å². The molecule has 3 aromatic rings. The van der Waals surface area contributed by atoms with Gasteiger partial charge in [-0.1, -0.05) is 28.1 Å². The van der Waals surface area contributed by atoms with Gasteiger partial charge in [0.1, 0.15) is 11.6 Å². The Morgan fingerprint density at radius 1 is 0.971 bits per heavy atom. The fourth-order valence-electron chi connectivity index (χ4n) is 2.84. The first-order valence-electron chi connectivity index (χ1n) is 9.68. The zero-order valence-corrected chi connectivity index (χ0v) is 18.7. The fraction of sp³-hybridized carbons (Fsp3) is 0.238. The molecule has 6 nitrogen and oxygen atoms in total. The minimum Gasteiger partial charge on any atom is -0.406 e. The minimum absolute atomic E-state index is 0.0590.